The van der Waals surface area contributed by atoms with Gasteiger partial charge in [0.1, 0.15) is 35.5 Å². The number of esters is 4. The average molecular weight is 1180 g/mol. The predicted molar refractivity (Wildman–Crippen MR) is 313 cm³/mol. The van der Waals surface area contributed by atoms with Gasteiger partial charge in [-0.2, -0.15) is 0 Å². The van der Waals surface area contributed by atoms with Crippen LogP contribution in [0.4, 0.5) is 8.78 Å². The number of benzene rings is 2. The van der Waals surface area contributed by atoms with E-state index in [4.69, 9.17) is 28.4 Å². The molecule has 2 aromatic carbocycles. The molecular formula is C64H96F2N4O14. The zero-order chi connectivity index (χ0) is 63.1. The zero-order valence-electron chi connectivity index (χ0n) is 52.7. The summed E-state index contributed by atoms with van der Waals surface area (Å²) in [6.07, 6.45) is -3.12. The molecule has 2 saturated heterocycles. The first-order chi connectivity index (χ1) is 39.0. The molecular weight excluding hydrogens is 1090 g/mol. The highest BCUT2D eigenvalue weighted by atomic mass is 19.1. The fourth-order valence-corrected chi connectivity index (χ4v) is 10.5. The van der Waals surface area contributed by atoms with Crippen molar-refractivity contribution in [2.45, 2.75) is 219 Å². The molecule has 2 heterocycles. The molecule has 0 saturated carbocycles. The molecule has 8 atom stereocenters. The monoisotopic (exact) mass is 1180 g/mol. The van der Waals surface area contributed by atoms with Crippen LogP contribution in [0.1, 0.15) is 169 Å². The molecule has 0 radical (unpaired) electrons. The SMILES string of the molecule is CN[C@@H](CC(C)(C)C)C(=O)O[C@H](C)C(=O)N(C)[C@@H](CC(C)(C)F)C(=O)O[C@H](Cc1ccc(C2CCOCC2)cc1)C(=O)N(C)[C@@H](CC(C)(C)C)C(=O)O[C@H](C)C(=O)N(C)[C@@H](CC(C)(C)F)C(=O)O[C@@H](C=O)Cc1ccc(C2CCOCC2)cc1. The number of hydrogen-bond acceptors (Lipinski definition) is 15. The molecule has 18 nitrogen and oxygen atoms in total. The van der Waals surface area contributed by atoms with Crippen LogP contribution in [0.25, 0.3) is 0 Å². The van der Waals surface area contributed by atoms with Crippen molar-refractivity contribution in [3.05, 3.63) is 70.8 Å². The van der Waals surface area contributed by atoms with Gasteiger partial charge in [-0.3, -0.25) is 24.0 Å². The van der Waals surface area contributed by atoms with Gasteiger partial charge in [-0.1, -0.05) is 90.1 Å². The molecule has 2 aliphatic heterocycles. The van der Waals surface area contributed by atoms with Gasteiger partial charge >= 0.3 is 23.9 Å². The fourth-order valence-electron chi connectivity index (χ4n) is 10.5. The first-order valence-corrected chi connectivity index (χ1v) is 29.5. The van der Waals surface area contributed by atoms with Gasteiger partial charge in [0, 0.05) is 73.3 Å². The summed E-state index contributed by atoms with van der Waals surface area (Å²) in [4.78, 5) is 115. The highest BCUT2D eigenvalue weighted by Gasteiger charge is 2.43. The second-order valence-electron chi connectivity index (χ2n) is 26.5. The quantitative estimate of drug-likeness (QED) is 0.0482. The minimum absolute atomic E-state index is 0.0198. The lowest BCUT2D eigenvalue weighted by Crippen LogP contribution is -2.54. The maximum atomic E-state index is 15.8. The van der Waals surface area contributed by atoms with Crippen LogP contribution in [0.2, 0.25) is 0 Å². The smallest absolute Gasteiger partial charge is 0.329 e. The summed E-state index contributed by atoms with van der Waals surface area (Å²) in [6, 6.07) is 9.68. The van der Waals surface area contributed by atoms with Gasteiger partial charge in [0.2, 0.25) is 0 Å². The highest BCUT2D eigenvalue weighted by molar-refractivity contribution is 5.93. The molecule has 2 fully saturated rings. The van der Waals surface area contributed by atoms with E-state index < -0.39 is 120 Å². The molecule has 20 heteroatoms. The summed E-state index contributed by atoms with van der Waals surface area (Å²) >= 11 is 0. The Morgan fingerprint density at radius 3 is 1.27 bits per heavy atom. The molecule has 0 aromatic heterocycles. The van der Waals surface area contributed by atoms with Crippen LogP contribution in [0, 0.1) is 10.8 Å². The van der Waals surface area contributed by atoms with Crippen molar-refractivity contribution in [3.8, 4) is 0 Å². The maximum absolute atomic E-state index is 15.8. The van der Waals surface area contributed by atoms with Crippen molar-refractivity contribution < 1.29 is 75.6 Å². The predicted octanol–water partition coefficient (Wildman–Crippen LogP) is 8.36. The Kier molecular flexibility index (Phi) is 26.1. The van der Waals surface area contributed by atoms with E-state index in [0.717, 1.165) is 51.5 Å². The van der Waals surface area contributed by atoms with E-state index >= 15 is 13.6 Å². The van der Waals surface area contributed by atoms with E-state index in [-0.39, 0.29) is 30.6 Å². The van der Waals surface area contributed by atoms with E-state index in [0.29, 0.717) is 56.2 Å². The van der Waals surface area contributed by atoms with Gasteiger partial charge in [0.25, 0.3) is 17.7 Å². The number of amides is 3. The summed E-state index contributed by atoms with van der Waals surface area (Å²) in [6.45, 7) is 21.3. The first kappa shape index (κ1) is 70.6. The molecule has 84 heavy (non-hydrogen) atoms. The van der Waals surface area contributed by atoms with E-state index in [9.17, 15) is 33.6 Å². The molecule has 3 amide bonds. The third-order valence-corrected chi connectivity index (χ3v) is 15.3. The molecule has 1 N–H and O–H groups in total. The molecule has 470 valence electrons. The minimum Gasteiger partial charge on any atom is -0.453 e. The number of likely N-dealkylation sites (N-methyl/N-ethyl adjacent to an activating group) is 4. The number of carbonyl (C=O) groups is 8. The second-order valence-corrected chi connectivity index (χ2v) is 26.5. The van der Waals surface area contributed by atoms with Crippen LogP contribution in [-0.2, 0) is 79.6 Å². The van der Waals surface area contributed by atoms with Gasteiger partial charge in [0.15, 0.2) is 30.7 Å². The Hall–Kier alpha value is -5.86. The standard InChI is InChI=1S/C64H96F2N4O14/c1-40(81-57(75)49(67-13)35-61(3,4)5)54(72)69(15)52(38-64(11,12)66)60(78)84-53(34-43-19-23-45(24-20-43)47-27-31-80-32-28-47)56(74)70(16)50(36-62(6,7)8)58(76)82-41(2)55(73)68(14)51(37-63(9,10)65)59(77)83-48(39-71)33-42-17-21-44(22-18-42)46-25-29-79-30-26-46/h17-24,39-41,46-53,67H,25-38H2,1-16H3/t40-,41-,48-,49+,50+,51+,52+,53-/m1/s1. The molecule has 0 unspecified atom stereocenters. The van der Waals surface area contributed by atoms with Gasteiger partial charge in [-0.15, -0.1) is 0 Å². The van der Waals surface area contributed by atoms with E-state index in [1.54, 1.807) is 19.2 Å². The number of nitrogens with zero attached hydrogens (tertiary/aromatic N) is 3. The average Bonchev–Trinajstić information content (AvgIpc) is 3.59. The number of ether oxygens (including phenoxy) is 6. The molecule has 4 rings (SSSR count). The number of halogens is 2. The van der Waals surface area contributed by atoms with Crippen LogP contribution < -0.4 is 5.32 Å². The first-order valence-electron chi connectivity index (χ1n) is 29.5. The number of alkyl halides is 2. The molecule has 0 spiro atoms. The summed E-state index contributed by atoms with van der Waals surface area (Å²) in [5.41, 5.74) is -1.60. The third kappa shape index (κ3) is 22.5. The summed E-state index contributed by atoms with van der Waals surface area (Å²) in [7, 11) is 5.39. The van der Waals surface area contributed by atoms with Crippen molar-refractivity contribution in [3.63, 3.8) is 0 Å². The normalized spacial score (nSPS) is 17.6. The van der Waals surface area contributed by atoms with Gasteiger partial charge in [-0.25, -0.2) is 23.2 Å². The van der Waals surface area contributed by atoms with Gasteiger partial charge < -0.3 is 48.4 Å². The maximum Gasteiger partial charge on any atom is 0.329 e. The third-order valence-electron chi connectivity index (χ3n) is 15.3. The second kappa shape index (κ2) is 31.0. The topological polar surface area (TPSA) is 214 Å². The Labute approximate surface area is 497 Å². The van der Waals surface area contributed by atoms with Crippen LogP contribution in [-0.4, -0.2) is 177 Å². The molecule has 0 aliphatic carbocycles. The number of rotatable bonds is 28. The van der Waals surface area contributed by atoms with Crippen LogP contribution in [0.15, 0.2) is 48.5 Å². The van der Waals surface area contributed by atoms with Crippen LogP contribution in [0.3, 0.4) is 0 Å². The molecule has 2 aliphatic rings. The Bertz CT molecular complexity index is 2510. The van der Waals surface area contributed by atoms with Crippen molar-refractivity contribution >= 4 is 47.9 Å². The highest BCUT2D eigenvalue weighted by Crippen LogP contribution is 2.32. The Morgan fingerprint density at radius 2 is 0.893 bits per heavy atom. The van der Waals surface area contributed by atoms with E-state index in [1.807, 2.05) is 77.9 Å². The molecule has 2 aromatic rings. The van der Waals surface area contributed by atoms with Gasteiger partial charge in [0.05, 0.1) is 0 Å². The zero-order valence-corrected chi connectivity index (χ0v) is 52.7. The largest absolute Gasteiger partial charge is 0.453 e. The molecule has 0 bridgehead atoms. The van der Waals surface area contributed by atoms with E-state index in [1.165, 1.54) is 62.7 Å². The fraction of sp³-hybridized carbons (Fsp3) is 0.688. The van der Waals surface area contributed by atoms with Crippen LogP contribution >= 0.6 is 0 Å². The number of nitrogens with one attached hydrogen (secondary N) is 1. The minimum atomic E-state index is -2.07. The lowest BCUT2D eigenvalue weighted by Gasteiger charge is -2.36. The lowest BCUT2D eigenvalue weighted by molar-refractivity contribution is -0.174. The van der Waals surface area contributed by atoms with Crippen molar-refractivity contribution in [2.75, 3.05) is 54.6 Å². The van der Waals surface area contributed by atoms with Gasteiger partial charge in [-0.05, 0) is 132 Å². The van der Waals surface area contributed by atoms with Crippen molar-refractivity contribution in [1.82, 2.24) is 20.0 Å². The summed E-state index contributed by atoms with van der Waals surface area (Å²) < 4.78 is 65.5. The summed E-state index contributed by atoms with van der Waals surface area (Å²) in [5, 5.41) is 2.92. The number of hydrogen-bond donors (Lipinski definition) is 1. The van der Waals surface area contributed by atoms with Crippen molar-refractivity contribution in [1.29, 1.82) is 0 Å². The van der Waals surface area contributed by atoms with E-state index in [2.05, 4.69) is 5.32 Å². The lowest BCUT2D eigenvalue weighted by atomic mass is 9.87. The van der Waals surface area contributed by atoms with Crippen molar-refractivity contribution in [2.24, 2.45) is 10.8 Å². The Balaban J connectivity index is 1.62. The Morgan fingerprint density at radius 1 is 0.536 bits per heavy atom. The number of carbonyl (C=O) groups excluding carboxylic acids is 8. The summed E-state index contributed by atoms with van der Waals surface area (Å²) in [5.74, 6) is -6.00. The van der Waals surface area contributed by atoms with Crippen LogP contribution in [0.5, 0.6) is 0 Å². The number of aldehydes is 1.